The first-order valence-corrected chi connectivity index (χ1v) is 8.64. The van der Waals surface area contributed by atoms with Gasteiger partial charge in [-0.2, -0.15) is 5.10 Å². The van der Waals surface area contributed by atoms with Crippen LogP contribution < -0.4 is 15.4 Å². The molecule has 3 aromatic rings. The highest BCUT2D eigenvalue weighted by Crippen LogP contribution is 2.31. The van der Waals surface area contributed by atoms with Gasteiger partial charge in [0.25, 0.3) is 0 Å². The van der Waals surface area contributed by atoms with Gasteiger partial charge in [-0.05, 0) is 36.4 Å². The summed E-state index contributed by atoms with van der Waals surface area (Å²) in [6.45, 7) is 0. The summed E-state index contributed by atoms with van der Waals surface area (Å²) >= 11 is 0. The second kappa shape index (κ2) is 7.15. The minimum Gasteiger partial charge on any atom is -0.495 e. The molecule has 2 amide bonds. The van der Waals surface area contributed by atoms with Gasteiger partial charge < -0.3 is 15.4 Å². The number of carbonyl (C=O) groups excluding carboxylic acids is 2. The summed E-state index contributed by atoms with van der Waals surface area (Å²) in [6, 6.07) is 13.7. The van der Waals surface area contributed by atoms with Crippen LogP contribution in [-0.2, 0) is 9.59 Å². The quantitative estimate of drug-likeness (QED) is 0.728. The molecule has 0 bridgehead atoms. The molecule has 2 aromatic carbocycles. The lowest BCUT2D eigenvalue weighted by atomic mass is 10.1. The molecule has 1 aliphatic heterocycles. The van der Waals surface area contributed by atoms with E-state index in [1.165, 1.54) is 23.9 Å². The topological polar surface area (TPSA) is 85.2 Å². The van der Waals surface area contributed by atoms with E-state index in [9.17, 15) is 14.0 Å². The number of amides is 2. The van der Waals surface area contributed by atoms with Gasteiger partial charge in [0.2, 0.25) is 11.8 Å². The van der Waals surface area contributed by atoms with Crippen LogP contribution in [0.3, 0.4) is 0 Å². The average Bonchev–Trinajstić information content (AvgIpc) is 3.12. The van der Waals surface area contributed by atoms with E-state index in [4.69, 9.17) is 4.74 Å². The van der Waals surface area contributed by atoms with Crippen LogP contribution >= 0.6 is 0 Å². The number of para-hydroxylation sites is 2. The van der Waals surface area contributed by atoms with Crippen molar-refractivity contribution in [2.75, 3.05) is 17.7 Å². The number of halogens is 1. The lowest BCUT2D eigenvalue weighted by Crippen LogP contribution is -2.35. The number of ether oxygens (including phenoxy) is 1. The lowest BCUT2D eigenvalue weighted by molar-refractivity contribution is -0.125. The molecule has 142 valence electrons. The fourth-order valence-electron chi connectivity index (χ4n) is 3.11. The SMILES string of the molecule is COc1ccccc1NC(=O)C1CC(=O)Nc2cc(-c3ccc(F)cc3)nn21. The Hall–Kier alpha value is -3.68. The predicted octanol–water partition coefficient (Wildman–Crippen LogP) is 3.22. The summed E-state index contributed by atoms with van der Waals surface area (Å²) in [5.41, 5.74) is 1.72. The van der Waals surface area contributed by atoms with Crippen molar-refractivity contribution in [1.29, 1.82) is 0 Å². The number of benzene rings is 2. The third kappa shape index (κ3) is 3.32. The third-order valence-electron chi connectivity index (χ3n) is 4.48. The standard InChI is InChI=1S/C20H17FN4O3/c1-28-17-5-3-2-4-14(17)22-20(27)16-11-19(26)23-18-10-15(24-25(16)18)12-6-8-13(21)9-7-12/h2-10,16H,11H2,1H3,(H,22,27)(H,23,26). The number of nitrogens with zero attached hydrogens (tertiary/aromatic N) is 2. The number of aromatic nitrogens is 2. The Morgan fingerprint density at radius 1 is 1.25 bits per heavy atom. The summed E-state index contributed by atoms with van der Waals surface area (Å²) < 4.78 is 19.9. The minimum atomic E-state index is -0.817. The van der Waals surface area contributed by atoms with E-state index in [1.54, 1.807) is 42.5 Å². The molecule has 28 heavy (non-hydrogen) atoms. The summed E-state index contributed by atoms with van der Waals surface area (Å²) in [5, 5.41) is 9.97. The maximum Gasteiger partial charge on any atom is 0.249 e. The number of carbonyl (C=O) groups is 2. The second-order valence-corrected chi connectivity index (χ2v) is 6.32. The fourth-order valence-corrected chi connectivity index (χ4v) is 3.11. The first-order chi connectivity index (χ1) is 13.5. The number of rotatable bonds is 4. The van der Waals surface area contributed by atoms with Crippen molar-refractivity contribution in [1.82, 2.24) is 9.78 Å². The van der Waals surface area contributed by atoms with E-state index in [0.29, 0.717) is 28.5 Å². The van der Waals surface area contributed by atoms with Gasteiger partial charge in [-0.1, -0.05) is 12.1 Å². The Morgan fingerprint density at radius 3 is 2.75 bits per heavy atom. The van der Waals surface area contributed by atoms with Crippen LogP contribution in [0.4, 0.5) is 15.9 Å². The molecular weight excluding hydrogens is 363 g/mol. The maximum absolute atomic E-state index is 13.2. The smallest absolute Gasteiger partial charge is 0.249 e. The van der Waals surface area contributed by atoms with Crippen molar-refractivity contribution in [2.45, 2.75) is 12.5 Å². The van der Waals surface area contributed by atoms with Crippen LogP contribution in [0.25, 0.3) is 11.3 Å². The van der Waals surface area contributed by atoms with E-state index in [0.717, 1.165) is 0 Å². The molecule has 1 atom stereocenters. The van der Waals surface area contributed by atoms with E-state index in [2.05, 4.69) is 15.7 Å². The highest BCUT2D eigenvalue weighted by Gasteiger charge is 2.32. The summed E-state index contributed by atoms with van der Waals surface area (Å²) in [5.74, 6) is -0.0813. The summed E-state index contributed by atoms with van der Waals surface area (Å²) in [7, 11) is 1.51. The molecule has 0 radical (unpaired) electrons. The van der Waals surface area contributed by atoms with Gasteiger partial charge in [0.05, 0.1) is 24.9 Å². The van der Waals surface area contributed by atoms with Crippen molar-refractivity contribution < 1.29 is 18.7 Å². The van der Waals surface area contributed by atoms with Crippen LogP contribution in [0.2, 0.25) is 0 Å². The highest BCUT2D eigenvalue weighted by atomic mass is 19.1. The van der Waals surface area contributed by atoms with Gasteiger partial charge in [-0.15, -0.1) is 0 Å². The Morgan fingerprint density at radius 2 is 2.00 bits per heavy atom. The molecule has 1 unspecified atom stereocenters. The zero-order valence-electron chi connectivity index (χ0n) is 15.0. The normalized spacial score (nSPS) is 15.5. The zero-order chi connectivity index (χ0) is 19.7. The fraction of sp³-hybridized carbons (Fsp3) is 0.150. The second-order valence-electron chi connectivity index (χ2n) is 6.32. The first kappa shape index (κ1) is 17.7. The van der Waals surface area contributed by atoms with Crippen molar-refractivity contribution in [2.24, 2.45) is 0 Å². The first-order valence-electron chi connectivity index (χ1n) is 8.64. The molecule has 1 aromatic heterocycles. The van der Waals surface area contributed by atoms with E-state index < -0.39 is 6.04 Å². The molecule has 0 saturated carbocycles. The Balaban J connectivity index is 1.65. The Labute approximate surface area is 160 Å². The maximum atomic E-state index is 13.2. The van der Waals surface area contributed by atoms with Crippen molar-refractivity contribution in [3.8, 4) is 17.0 Å². The Kier molecular flexibility index (Phi) is 4.52. The van der Waals surface area contributed by atoms with Crippen LogP contribution in [0, 0.1) is 5.82 Å². The third-order valence-corrected chi connectivity index (χ3v) is 4.48. The van der Waals surface area contributed by atoms with Crippen molar-refractivity contribution in [3.05, 3.63) is 60.4 Å². The summed E-state index contributed by atoms with van der Waals surface area (Å²) in [4.78, 5) is 25.0. The lowest BCUT2D eigenvalue weighted by Gasteiger charge is -2.24. The summed E-state index contributed by atoms with van der Waals surface area (Å²) in [6.07, 6.45) is -0.0431. The van der Waals surface area contributed by atoms with Gasteiger partial charge in [0.1, 0.15) is 23.4 Å². The van der Waals surface area contributed by atoms with Crippen molar-refractivity contribution >= 4 is 23.3 Å². The van der Waals surface area contributed by atoms with Crippen LogP contribution in [0.1, 0.15) is 12.5 Å². The molecule has 0 saturated heterocycles. The van der Waals surface area contributed by atoms with Gasteiger partial charge >= 0.3 is 0 Å². The number of methoxy groups -OCH3 is 1. The molecule has 2 N–H and O–H groups in total. The molecule has 7 nitrogen and oxygen atoms in total. The van der Waals surface area contributed by atoms with Crippen LogP contribution in [0.5, 0.6) is 5.75 Å². The van der Waals surface area contributed by atoms with E-state index in [-0.39, 0.29) is 24.1 Å². The Bertz CT molecular complexity index is 1050. The van der Waals surface area contributed by atoms with Crippen molar-refractivity contribution in [3.63, 3.8) is 0 Å². The molecule has 0 fully saturated rings. The molecule has 1 aliphatic rings. The molecule has 8 heteroatoms. The van der Waals surface area contributed by atoms with E-state index >= 15 is 0 Å². The van der Waals surface area contributed by atoms with Gasteiger partial charge in [0, 0.05) is 11.6 Å². The molecule has 2 heterocycles. The largest absolute Gasteiger partial charge is 0.495 e. The van der Waals surface area contributed by atoms with E-state index in [1.807, 2.05) is 0 Å². The zero-order valence-corrected chi connectivity index (χ0v) is 15.0. The number of hydrogen-bond donors (Lipinski definition) is 2. The van der Waals surface area contributed by atoms with Crippen LogP contribution in [0.15, 0.2) is 54.6 Å². The number of fused-ring (bicyclic) bond motifs is 1. The highest BCUT2D eigenvalue weighted by molar-refractivity contribution is 6.02. The predicted molar refractivity (Wildman–Crippen MR) is 102 cm³/mol. The monoisotopic (exact) mass is 380 g/mol. The number of nitrogens with one attached hydrogen (secondary N) is 2. The number of anilines is 2. The van der Waals surface area contributed by atoms with Crippen LogP contribution in [-0.4, -0.2) is 28.7 Å². The molecular formula is C20H17FN4O3. The van der Waals surface area contributed by atoms with Gasteiger partial charge in [0.15, 0.2) is 0 Å². The minimum absolute atomic E-state index is 0.0431. The molecule has 4 rings (SSSR count). The average molecular weight is 380 g/mol. The number of hydrogen-bond acceptors (Lipinski definition) is 4. The molecule has 0 aliphatic carbocycles. The van der Waals surface area contributed by atoms with Gasteiger partial charge in [-0.25, -0.2) is 9.07 Å². The van der Waals surface area contributed by atoms with Gasteiger partial charge in [-0.3, -0.25) is 9.59 Å². The molecule has 0 spiro atoms.